The summed E-state index contributed by atoms with van der Waals surface area (Å²) in [5.74, 6) is 0.781. The van der Waals surface area contributed by atoms with Crippen LogP contribution in [0.4, 0.5) is 5.69 Å². The van der Waals surface area contributed by atoms with Crippen LogP contribution in [0.5, 0.6) is 0 Å². The first kappa shape index (κ1) is 12.7. The Morgan fingerprint density at radius 1 is 1.39 bits per heavy atom. The number of amides is 1. The van der Waals surface area contributed by atoms with Crippen molar-refractivity contribution in [1.82, 2.24) is 10.2 Å². The second-order valence-corrected chi connectivity index (χ2v) is 5.11. The van der Waals surface area contributed by atoms with E-state index in [4.69, 9.17) is 0 Å². The van der Waals surface area contributed by atoms with Crippen LogP contribution in [0.1, 0.15) is 12.0 Å². The summed E-state index contributed by atoms with van der Waals surface area (Å²) in [5, 5.41) is 9.19. The van der Waals surface area contributed by atoms with Crippen LogP contribution in [0, 0.1) is 6.92 Å². The molecule has 2 aromatic rings. The summed E-state index contributed by atoms with van der Waals surface area (Å²) in [5.41, 5.74) is 1.96. The number of aromatic amines is 1. The highest BCUT2D eigenvalue weighted by Gasteiger charge is 2.03. The van der Waals surface area contributed by atoms with Gasteiger partial charge in [-0.2, -0.15) is 5.10 Å². The highest BCUT2D eigenvalue weighted by atomic mass is 32.2. The van der Waals surface area contributed by atoms with Crippen LogP contribution >= 0.6 is 11.8 Å². The molecule has 0 aliphatic carbocycles. The predicted octanol–water partition coefficient (Wildman–Crippen LogP) is 2.84. The molecule has 1 amide bonds. The highest BCUT2D eigenvalue weighted by molar-refractivity contribution is 7.99. The molecule has 94 valence electrons. The van der Waals surface area contributed by atoms with Crippen LogP contribution in [0.3, 0.4) is 0 Å². The largest absolute Gasteiger partial charge is 0.323 e. The van der Waals surface area contributed by atoms with E-state index in [1.165, 1.54) is 10.5 Å². The molecule has 0 aliphatic heterocycles. The van der Waals surface area contributed by atoms with Crippen molar-refractivity contribution in [2.24, 2.45) is 0 Å². The lowest BCUT2D eigenvalue weighted by Crippen LogP contribution is -2.11. The number of carbonyl (C=O) groups excluding carboxylic acids is 1. The number of hydrogen-bond acceptors (Lipinski definition) is 3. The summed E-state index contributed by atoms with van der Waals surface area (Å²) in [6, 6.07) is 8.31. The van der Waals surface area contributed by atoms with Gasteiger partial charge in [0.1, 0.15) is 0 Å². The maximum absolute atomic E-state index is 11.6. The Bertz CT molecular complexity index is 493. The number of benzene rings is 1. The number of rotatable bonds is 5. The smallest absolute Gasteiger partial charge is 0.225 e. The van der Waals surface area contributed by atoms with Crippen LogP contribution in [0.15, 0.2) is 41.6 Å². The van der Waals surface area contributed by atoms with Gasteiger partial charge >= 0.3 is 0 Å². The van der Waals surface area contributed by atoms with Crippen molar-refractivity contribution in [1.29, 1.82) is 0 Å². The van der Waals surface area contributed by atoms with Crippen molar-refractivity contribution < 1.29 is 4.79 Å². The molecule has 0 fully saturated rings. The van der Waals surface area contributed by atoms with Gasteiger partial charge in [-0.15, -0.1) is 11.8 Å². The van der Waals surface area contributed by atoms with E-state index in [-0.39, 0.29) is 5.91 Å². The van der Waals surface area contributed by atoms with Crippen molar-refractivity contribution in [2.75, 3.05) is 11.1 Å². The fourth-order valence-electron chi connectivity index (χ4n) is 1.44. The van der Waals surface area contributed by atoms with Crippen LogP contribution in [-0.2, 0) is 4.79 Å². The zero-order chi connectivity index (χ0) is 12.8. The van der Waals surface area contributed by atoms with E-state index < -0.39 is 0 Å². The number of aromatic nitrogens is 2. The minimum absolute atomic E-state index is 0.0102. The lowest BCUT2D eigenvalue weighted by molar-refractivity contribution is -0.115. The standard InChI is InChI=1S/C13H15N3OS/c1-10-2-4-12(5-3-10)18-7-6-13(17)16-11-8-14-15-9-11/h2-5,8-9H,6-7H2,1H3,(H,14,15)(H,16,17). The molecule has 0 saturated carbocycles. The molecule has 0 unspecified atom stereocenters. The number of anilines is 1. The number of carbonyl (C=O) groups is 1. The maximum atomic E-state index is 11.6. The fraction of sp³-hybridized carbons (Fsp3) is 0.231. The minimum atomic E-state index is 0.0102. The molecule has 1 aromatic heterocycles. The maximum Gasteiger partial charge on any atom is 0.225 e. The number of nitrogens with zero attached hydrogens (tertiary/aromatic N) is 1. The van der Waals surface area contributed by atoms with Gasteiger partial charge in [-0.1, -0.05) is 17.7 Å². The Morgan fingerprint density at radius 3 is 2.83 bits per heavy atom. The number of aryl methyl sites for hydroxylation is 1. The Balaban J connectivity index is 1.72. The first-order chi connectivity index (χ1) is 8.74. The molecule has 0 saturated heterocycles. The molecular formula is C13H15N3OS. The number of thioether (sulfide) groups is 1. The molecule has 2 N–H and O–H groups in total. The molecule has 18 heavy (non-hydrogen) atoms. The van der Waals surface area contributed by atoms with E-state index in [0.29, 0.717) is 12.1 Å². The number of hydrogen-bond donors (Lipinski definition) is 2. The molecule has 1 aromatic carbocycles. The molecule has 0 spiro atoms. The SMILES string of the molecule is Cc1ccc(SCCC(=O)Nc2cn[nH]c2)cc1. The van der Waals surface area contributed by atoms with Crippen LogP contribution < -0.4 is 5.32 Å². The molecule has 0 radical (unpaired) electrons. The van der Waals surface area contributed by atoms with Crippen molar-refractivity contribution >= 4 is 23.4 Å². The Morgan fingerprint density at radius 2 is 2.17 bits per heavy atom. The molecule has 2 rings (SSSR count). The van der Waals surface area contributed by atoms with Gasteiger partial charge in [0.05, 0.1) is 11.9 Å². The lowest BCUT2D eigenvalue weighted by Gasteiger charge is -2.03. The monoisotopic (exact) mass is 261 g/mol. The van der Waals surface area contributed by atoms with Crippen LogP contribution in [0.2, 0.25) is 0 Å². The fourth-order valence-corrected chi connectivity index (χ4v) is 2.29. The Hall–Kier alpha value is -1.75. The summed E-state index contributed by atoms with van der Waals surface area (Å²) in [4.78, 5) is 12.8. The van der Waals surface area contributed by atoms with Gasteiger partial charge < -0.3 is 5.32 Å². The van der Waals surface area contributed by atoms with Gasteiger partial charge in [0.25, 0.3) is 0 Å². The molecular weight excluding hydrogens is 246 g/mol. The zero-order valence-corrected chi connectivity index (χ0v) is 11.0. The van der Waals surface area contributed by atoms with Gasteiger partial charge in [-0.25, -0.2) is 0 Å². The van der Waals surface area contributed by atoms with Gasteiger partial charge in [0.2, 0.25) is 5.91 Å². The van der Waals surface area contributed by atoms with Gasteiger partial charge in [0.15, 0.2) is 0 Å². The molecule has 4 nitrogen and oxygen atoms in total. The van der Waals surface area contributed by atoms with Crippen LogP contribution in [0.25, 0.3) is 0 Å². The lowest BCUT2D eigenvalue weighted by atomic mass is 10.2. The van der Waals surface area contributed by atoms with E-state index in [2.05, 4.69) is 46.7 Å². The Kier molecular flexibility index (Phi) is 4.41. The van der Waals surface area contributed by atoms with Gasteiger partial charge in [0, 0.05) is 23.3 Å². The minimum Gasteiger partial charge on any atom is -0.323 e. The molecule has 0 aliphatic rings. The Labute approximate surface area is 110 Å². The number of nitrogens with one attached hydrogen (secondary N) is 2. The number of H-pyrrole nitrogens is 1. The summed E-state index contributed by atoms with van der Waals surface area (Å²) in [6.07, 6.45) is 3.74. The first-order valence-corrected chi connectivity index (χ1v) is 6.71. The predicted molar refractivity (Wildman–Crippen MR) is 73.7 cm³/mol. The second-order valence-electron chi connectivity index (χ2n) is 3.95. The van der Waals surface area contributed by atoms with Gasteiger partial charge in [-0.3, -0.25) is 9.89 Å². The van der Waals surface area contributed by atoms with E-state index in [0.717, 1.165) is 5.75 Å². The highest BCUT2D eigenvalue weighted by Crippen LogP contribution is 2.19. The van der Waals surface area contributed by atoms with Crippen molar-refractivity contribution in [3.05, 3.63) is 42.2 Å². The van der Waals surface area contributed by atoms with E-state index >= 15 is 0 Å². The summed E-state index contributed by atoms with van der Waals surface area (Å²) in [7, 11) is 0. The van der Waals surface area contributed by atoms with Gasteiger partial charge in [-0.05, 0) is 19.1 Å². The zero-order valence-electron chi connectivity index (χ0n) is 10.1. The summed E-state index contributed by atoms with van der Waals surface area (Å²) in [6.45, 7) is 2.06. The third kappa shape index (κ3) is 3.92. The van der Waals surface area contributed by atoms with E-state index in [1.807, 2.05) is 0 Å². The van der Waals surface area contributed by atoms with Crippen molar-refractivity contribution in [2.45, 2.75) is 18.2 Å². The third-order valence-corrected chi connectivity index (χ3v) is 3.41. The quantitative estimate of drug-likeness (QED) is 0.814. The van der Waals surface area contributed by atoms with E-state index in [9.17, 15) is 4.79 Å². The normalized spacial score (nSPS) is 10.3. The van der Waals surface area contributed by atoms with E-state index in [1.54, 1.807) is 24.2 Å². The molecule has 5 heteroatoms. The van der Waals surface area contributed by atoms with Crippen LogP contribution in [-0.4, -0.2) is 21.9 Å². The van der Waals surface area contributed by atoms with Crippen molar-refractivity contribution in [3.8, 4) is 0 Å². The molecule has 0 bridgehead atoms. The third-order valence-electron chi connectivity index (χ3n) is 2.40. The molecule has 1 heterocycles. The topological polar surface area (TPSA) is 57.8 Å². The average Bonchev–Trinajstić information content (AvgIpc) is 2.84. The average molecular weight is 261 g/mol. The first-order valence-electron chi connectivity index (χ1n) is 5.72. The van der Waals surface area contributed by atoms with Crippen molar-refractivity contribution in [3.63, 3.8) is 0 Å². The summed E-state index contributed by atoms with van der Waals surface area (Å²) >= 11 is 1.69. The second kappa shape index (κ2) is 6.26. The molecule has 0 atom stereocenters. The summed E-state index contributed by atoms with van der Waals surface area (Å²) < 4.78 is 0.